The number of carbonyl (C=O) groups is 8. The van der Waals surface area contributed by atoms with Gasteiger partial charge in [0.15, 0.2) is 11.6 Å². The number of carboxylic acids is 1. The summed E-state index contributed by atoms with van der Waals surface area (Å²) < 4.78 is 31.5. The Hall–Kier alpha value is -7.64. The molecule has 4 saturated heterocycles. The molecule has 23 nitrogen and oxygen atoms in total. The van der Waals surface area contributed by atoms with Crippen molar-refractivity contribution in [3.05, 3.63) is 131 Å². The van der Waals surface area contributed by atoms with Gasteiger partial charge in [0.1, 0.15) is 40.8 Å². The van der Waals surface area contributed by atoms with Crippen LogP contribution in [-0.2, 0) is 83.0 Å². The number of aliphatic carboxylic acids is 1. The van der Waals surface area contributed by atoms with Crippen molar-refractivity contribution in [3.8, 4) is 11.5 Å². The van der Waals surface area contributed by atoms with E-state index in [4.69, 9.17) is 39.3 Å². The Morgan fingerprint density at radius 2 is 0.847 bits per heavy atom. The number of morpholine rings is 2. The first-order valence-electron chi connectivity index (χ1n) is 28.5. The van der Waals surface area contributed by atoms with Crippen LogP contribution in [0.1, 0.15) is 49.9 Å². The smallest absolute Gasteiger partial charge is 0.317 e. The van der Waals surface area contributed by atoms with Crippen molar-refractivity contribution in [2.75, 3.05) is 93.1 Å². The fourth-order valence-corrected chi connectivity index (χ4v) is 9.18. The lowest BCUT2D eigenvalue weighted by Crippen LogP contribution is -2.57. The summed E-state index contributed by atoms with van der Waals surface area (Å²) in [6.07, 6.45) is 0.993. The van der Waals surface area contributed by atoms with E-state index in [0.29, 0.717) is 70.7 Å². The molecule has 0 aromatic heterocycles. The molecule has 85 heavy (non-hydrogen) atoms. The normalized spacial score (nSPS) is 20.2. The first-order valence-corrected chi connectivity index (χ1v) is 28.5. The van der Waals surface area contributed by atoms with E-state index in [9.17, 15) is 38.4 Å². The molecule has 0 unspecified atom stereocenters. The second kappa shape index (κ2) is 32.6. The first kappa shape index (κ1) is 66.5. The summed E-state index contributed by atoms with van der Waals surface area (Å²) in [5, 5.41) is 22.3. The first-order chi connectivity index (χ1) is 40.7. The molecule has 4 aliphatic heterocycles. The summed E-state index contributed by atoms with van der Waals surface area (Å²) in [4.78, 5) is 106. The molecule has 4 heterocycles. The highest BCUT2D eigenvalue weighted by atomic mass is 16.6. The number of amides is 5. The van der Waals surface area contributed by atoms with E-state index in [1.54, 1.807) is 66.2 Å². The Morgan fingerprint density at radius 3 is 1.20 bits per heavy atom. The zero-order chi connectivity index (χ0) is 61.5. The Labute approximate surface area is 496 Å². The van der Waals surface area contributed by atoms with Crippen molar-refractivity contribution < 1.29 is 71.9 Å². The number of hydrogen-bond donors (Lipinski definition) is 7. The molecule has 4 aromatic rings. The number of hydrogen-bond acceptors (Lipinski definition) is 17. The number of methoxy groups -OCH3 is 2. The molecule has 23 heteroatoms. The van der Waals surface area contributed by atoms with Crippen LogP contribution in [0, 0.1) is 0 Å². The average molecular weight is 1180 g/mol. The quantitative estimate of drug-likeness (QED) is 0.0413. The van der Waals surface area contributed by atoms with Crippen LogP contribution in [0.3, 0.4) is 0 Å². The van der Waals surface area contributed by atoms with Crippen molar-refractivity contribution in [1.29, 1.82) is 0 Å². The van der Waals surface area contributed by atoms with E-state index in [-0.39, 0.29) is 49.8 Å². The van der Waals surface area contributed by atoms with Crippen molar-refractivity contribution >= 4 is 47.1 Å². The van der Waals surface area contributed by atoms with Gasteiger partial charge in [-0.2, -0.15) is 0 Å². The second-order valence-electron chi connectivity index (χ2n) is 21.7. The van der Waals surface area contributed by atoms with Crippen LogP contribution >= 0.6 is 0 Å². The van der Waals surface area contributed by atoms with Gasteiger partial charge in [-0.15, -0.1) is 0 Å². The molecule has 0 bridgehead atoms. The molecular weight excluding hydrogens is 1100 g/mol. The van der Waals surface area contributed by atoms with Crippen LogP contribution in [-0.4, -0.2) is 203 Å². The molecule has 460 valence electrons. The molecule has 8 N–H and O–H groups in total. The van der Waals surface area contributed by atoms with E-state index < -0.39 is 77.1 Å². The van der Waals surface area contributed by atoms with Crippen molar-refractivity contribution in [2.24, 2.45) is 5.73 Å². The standard InChI is InChI=1S/C31H40N4O7.C25H31N3O5.C6H11NO3/c1-21(32-27(36)19-35-13-15-41-16-14-35)29(38)34-26(18-23-9-11-24(40-3)12-10-23)30(39)33-25(28(37)31(2)20-42-31)17-22-7-5-4-6-8-22;1-16(26)23(30)28-21(14-18-9-11-19(32-3)12-10-18)24(31)27-20(22(29)25(2)15-33-25)13-17-7-5-4-6-8-17;8-6(9)5-7-1-3-10-4-2-7/h4-12,21,25-26H,13-20H2,1-3H3,(H,32,36)(H,33,39)(H,34,38);4-12,16,20-21H,13-15,26H2,1-3H3,(H,27,31)(H,28,30);1-5H2,(H,8,9)/t21-,25-,26-,31+;16-,20-,21-,25+;/m00./s1. The maximum absolute atomic E-state index is 13.7. The lowest BCUT2D eigenvalue weighted by atomic mass is 9.94. The highest BCUT2D eigenvalue weighted by Gasteiger charge is 2.51. The molecule has 0 spiro atoms. The number of benzene rings is 4. The average Bonchev–Trinajstić information content (AvgIpc) is 3.21. The number of epoxide rings is 2. The fourth-order valence-electron chi connectivity index (χ4n) is 9.18. The van der Waals surface area contributed by atoms with E-state index in [1.807, 2.05) is 94.7 Å². The zero-order valence-corrected chi connectivity index (χ0v) is 49.3. The van der Waals surface area contributed by atoms with Crippen LogP contribution < -0.4 is 41.8 Å². The van der Waals surface area contributed by atoms with Gasteiger partial charge in [0.25, 0.3) is 0 Å². The highest BCUT2D eigenvalue weighted by Crippen LogP contribution is 2.30. The number of nitrogens with zero attached hydrogens (tertiary/aromatic N) is 2. The second-order valence-corrected chi connectivity index (χ2v) is 21.7. The number of carboxylic acid groups (broad SMARTS) is 1. The monoisotopic (exact) mass is 1180 g/mol. The predicted molar refractivity (Wildman–Crippen MR) is 314 cm³/mol. The van der Waals surface area contributed by atoms with Gasteiger partial charge in [0.05, 0.1) is 85.1 Å². The number of Topliss-reactive ketones (excluding diaryl/α,β-unsaturated/α-hetero) is 2. The van der Waals surface area contributed by atoms with E-state index in [0.717, 1.165) is 35.3 Å². The van der Waals surface area contributed by atoms with E-state index in [2.05, 4.69) is 26.6 Å². The Morgan fingerprint density at radius 1 is 0.506 bits per heavy atom. The molecule has 0 radical (unpaired) electrons. The fraction of sp³-hybridized carbons (Fsp3) is 0.484. The van der Waals surface area contributed by atoms with Gasteiger partial charge in [-0.25, -0.2) is 0 Å². The summed E-state index contributed by atoms with van der Waals surface area (Å²) in [7, 11) is 3.14. The minimum absolute atomic E-state index is 0.142. The Balaban J connectivity index is 0.000000238. The largest absolute Gasteiger partial charge is 0.497 e. The van der Waals surface area contributed by atoms with Crippen molar-refractivity contribution in [3.63, 3.8) is 0 Å². The third-order valence-corrected chi connectivity index (χ3v) is 14.6. The zero-order valence-electron chi connectivity index (χ0n) is 49.3. The highest BCUT2D eigenvalue weighted by molar-refractivity contribution is 5.99. The SMILES string of the molecule is COc1ccc(C[C@H](NC(=O)[C@H](C)N)C(=O)N[C@@H](Cc2ccccc2)C(=O)[C@@]2(C)CO2)cc1.COc1ccc(C[C@H](NC(=O)[C@H](C)NC(=O)CN2CCOCC2)C(=O)N[C@@H](Cc2ccccc2)C(=O)[C@@]2(C)CO2)cc1.O=C(O)CN1CCOCC1. The lowest BCUT2D eigenvalue weighted by molar-refractivity contribution is -0.139. The molecule has 5 amide bonds. The Kier molecular flexibility index (Phi) is 25.5. The number of carbonyl (C=O) groups excluding carboxylic acids is 7. The minimum Gasteiger partial charge on any atom is -0.497 e. The van der Waals surface area contributed by atoms with Crippen LogP contribution in [0.5, 0.6) is 11.5 Å². The number of ketones is 2. The minimum atomic E-state index is -1.01. The molecule has 0 saturated carbocycles. The summed E-state index contributed by atoms with van der Waals surface area (Å²) >= 11 is 0. The maximum atomic E-state index is 13.7. The summed E-state index contributed by atoms with van der Waals surface area (Å²) in [5.41, 5.74) is 7.26. The van der Waals surface area contributed by atoms with Gasteiger partial charge in [-0.05, 0) is 87.1 Å². The molecular formula is C62H82N8O15. The third kappa shape index (κ3) is 22.1. The molecule has 4 aliphatic rings. The van der Waals surface area contributed by atoms with E-state index >= 15 is 0 Å². The number of nitrogens with two attached hydrogens (primary N) is 1. The van der Waals surface area contributed by atoms with Gasteiger partial charge in [0.2, 0.25) is 29.5 Å². The number of ether oxygens (including phenoxy) is 6. The van der Waals surface area contributed by atoms with E-state index in [1.165, 1.54) is 0 Å². The van der Waals surface area contributed by atoms with Crippen LogP contribution in [0.15, 0.2) is 109 Å². The van der Waals surface area contributed by atoms with Gasteiger partial charge < -0.3 is 65.8 Å². The molecule has 0 aliphatic carbocycles. The van der Waals surface area contributed by atoms with Crippen LogP contribution in [0.2, 0.25) is 0 Å². The molecule has 4 fully saturated rings. The Bertz CT molecular complexity index is 2820. The van der Waals surface area contributed by atoms with Crippen molar-refractivity contribution in [1.82, 2.24) is 36.4 Å². The number of nitrogens with one attached hydrogen (secondary N) is 5. The molecule has 4 aromatic carbocycles. The predicted octanol–water partition coefficient (Wildman–Crippen LogP) is 1.20. The molecule has 8 atom stereocenters. The maximum Gasteiger partial charge on any atom is 0.317 e. The topological polar surface area (TPSA) is 311 Å². The van der Waals surface area contributed by atoms with Gasteiger partial charge in [-0.3, -0.25) is 48.2 Å². The van der Waals surface area contributed by atoms with Crippen LogP contribution in [0.4, 0.5) is 0 Å². The lowest BCUT2D eigenvalue weighted by Gasteiger charge is -2.27. The van der Waals surface area contributed by atoms with Gasteiger partial charge in [0, 0.05) is 39.0 Å². The molecule has 8 rings (SSSR count). The summed E-state index contributed by atoms with van der Waals surface area (Å²) in [5.74, 6) is -2.06. The van der Waals surface area contributed by atoms with Gasteiger partial charge >= 0.3 is 5.97 Å². The summed E-state index contributed by atoms with van der Waals surface area (Å²) in [6.45, 7) is 12.7. The van der Waals surface area contributed by atoms with Crippen LogP contribution in [0.25, 0.3) is 0 Å². The summed E-state index contributed by atoms with van der Waals surface area (Å²) in [6, 6.07) is 28.0. The third-order valence-electron chi connectivity index (χ3n) is 14.6. The number of rotatable bonds is 27. The van der Waals surface area contributed by atoms with Gasteiger partial charge in [-0.1, -0.05) is 84.9 Å². The van der Waals surface area contributed by atoms with Crippen molar-refractivity contribution in [2.45, 2.75) is 101 Å².